The molecule has 0 aromatic rings. The minimum Gasteiger partial charge on any atom is -0.330 e. The third-order valence-electron chi connectivity index (χ3n) is 2.14. The molecule has 0 aliphatic heterocycles. The van der Waals surface area contributed by atoms with Gasteiger partial charge >= 0.3 is 0 Å². The van der Waals surface area contributed by atoms with Gasteiger partial charge in [0.1, 0.15) is 0 Å². The van der Waals surface area contributed by atoms with Crippen molar-refractivity contribution in [3.05, 3.63) is 0 Å². The lowest BCUT2D eigenvalue weighted by Gasteiger charge is -2.30. The van der Waals surface area contributed by atoms with Gasteiger partial charge in [0.25, 0.3) is 0 Å². The lowest BCUT2D eigenvalue weighted by Crippen LogP contribution is -2.25. The Hall–Kier alpha value is -0.0400. The maximum Gasteiger partial charge on any atom is -0.00485 e. The molecule has 0 atom stereocenters. The first kappa shape index (κ1) is 13.0. The highest BCUT2D eigenvalue weighted by atomic mass is 14.6. The summed E-state index contributed by atoms with van der Waals surface area (Å²) in [5.74, 6) is 0.681. The van der Waals surface area contributed by atoms with Crippen molar-refractivity contribution < 1.29 is 0 Å². The normalized spacial score (nSPS) is 13.8. The zero-order valence-electron chi connectivity index (χ0n) is 10.3. The van der Waals surface area contributed by atoms with Crippen molar-refractivity contribution in [2.75, 3.05) is 6.54 Å². The van der Waals surface area contributed by atoms with Crippen LogP contribution in [-0.2, 0) is 0 Å². The van der Waals surface area contributed by atoms with Gasteiger partial charge in [-0.25, -0.2) is 0 Å². The van der Waals surface area contributed by atoms with Gasteiger partial charge in [0.2, 0.25) is 0 Å². The second-order valence-electron chi connectivity index (χ2n) is 6.63. The van der Waals surface area contributed by atoms with Crippen molar-refractivity contribution in [3.63, 3.8) is 0 Å². The van der Waals surface area contributed by atoms with E-state index in [9.17, 15) is 0 Å². The minimum absolute atomic E-state index is 0.412. The minimum atomic E-state index is 0.412. The molecule has 13 heavy (non-hydrogen) atoms. The smallest absolute Gasteiger partial charge is 0.00485 e. The SMILES string of the molecule is CC(C)(C)CC(CN)CC(C)(C)C. The molecular formula is C12H27N. The summed E-state index contributed by atoms with van der Waals surface area (Å²) in [6.45, 7) is 14.6. The van der Waals surface area contributed by atoms with Gasteiger partial charge in [-0.3, -0.25) is 0 Å². The summed E-state index contributed by atoms with van der Waals surface area (Å²) >= 11 is 0. The van der Waals surface area contributed by atoms with Gasteiger partial charge < -0.3 is 5.73 Å². The van der Waals surface area contributed by atoms with Crippen LogP contribution in [-0.4, -0.2) is 6.54 Å². The van der Waals surface area contributed by atoms with Crippen molar-refractivity contribution >= 4 is 0 Å². The van der Waals surface area contributed by atoms with Gasteiger partial charge in [0.15, 0.2) is 0 Å². The van der Waals surface area contributed by atoms with Crippen LogP contribution in [0.15, 0.2) is 0 Å². The van der Waals surface area contributed by atoms with Crippen molar-refractivity contribution in [1.82, 2.24) is 0 Å². The Bertz CT molecular complexity index is 120. The molecule has 0 radical (unpaired) electrons. The Morgan fingerprint density at radius 2 is 1.15 bits per heavy atom. The van der Waals surface area contributed by atoms with E-state index in [1.807, 2.05) is 0 Å². The zero-order valence-corrected chi connectivity index (χ0v) is 10.3. The fraction of sp³-hybridized carbons (Fsp3) is 1.00. The molecule has 80 valence electrons. The molecule has 2 N–H and O–H groups in total. The zero-order chi connectivity index (χ0) is 10.7. The number of hydrogen-bond donors (Lipinski definition) is 1. The molecule has 0 spiro atoms. The highest BCUT2D eigenvalue weighted by Crippen LogP contribution is 2.32. The van der Waals surface area contributed by atoms with Crippen LogP contribution in [0.4, 0.5) is 0 Å². The molecule has 0 amide bonds. The van der Waals surface area contributed by atoms with E-state index in [-0.39, 0.29) is 0 Å². The van der Waals surface area contributed by atoms with Crippen LogP contribution in [0.1, 0.15) is 54.4 Å². The van der Waals surface area contributed by atoms with Crippen molar-refractivity contribution in [1.29, 1.82) is 0 Å². The predicted octanol–water partition coefficient (Wildman–Crippen LogP) is 3.43. The summed E-state index contributed by atoms with van der Waals surface area (Å²) < 4.78 is 0. The second kappa shape index (κ2) is 4.45. The van der Waals surface area contributed by atoms with Crippen LogP contribution in [0.25, 0.3) is 0 Å². The van der Waals surface area contributed by atoms with Gasteiger partial charge in [-0.05, 0) is 36.1 Å². The van der Waals surface area contributed by atoms with E-state index in [0.29, 0.717) is 16.7 Å². The monoisotopic (exact) mass is 185 g/mol. The predicted molar refractivity (Wildman–Crippen MR) is 60.7 cm³/mol. The summed E-state index contributed by atoms with van der Waals surface area (Å²) in [6, 6.07) is 0. The molecule has 0 fully saturated rings. The third kappa shape index (κ3) is 8.29. The maximum absolute atomic E-state index is 5.79. The summed E-state index contributed by atoms with van der Waals surface area (Å²) in [5.41, 5.74) is 6.61. The van der Waals surface area contributed by atoms with Crippen LogP contribution < -0.4 is 5.73 Å². The molecule has 1 nitrogen and oxygen atoms in total. The molecule has 1 heteroatoms. The molecule has 0 heterocycles. The summed E-state index contributed by atoms with van der Waals surface area (Å²) in [5, 5.41) is 0. The summed E-state index contributed by atoms with van der Waals surface area (Å²) in [6.07, 6.45) is 2.47. The van der Waals surface area contributed by atoms with Gasteiger partial charge in [-0.1, -0.05) is 41.5 Å². The highest BCUT2D eigenvalue weighted by Gasteiger charge is 2.22. The van der Waals surface area contributed by atoms with E-state index in [2.05, 4.69) is 41.5 Å². The lowest BCUT2D eigenvalue weighted by atomic mass is 9.77. The Labute approximate surface area is 84.1 Å². The summed E-state index contributed by atoms with van der Waals surface area (Å²) in [7, 11) is 0. The third-order valence-corrected chi connectivity index (χ3v) is 2.14. The van der Waals surface area contributed by atoms with Gasteiger partial charge in [-0.2, -0.15) is 0 Å². The Morgan fingerprint density at radius 1 is 0.846 bits per heavy atom. The first-order chi connectivity index (χ1) is 5.64. The van der Waals surface area contributed by atoms with Crippen LogP contribution in [0.5, 0.6) is 0 Å². The van der Waals surface area contributed by atoms with E-state index in [1.165, 1.54) is 12.8 Å². The van der Waals surface area contributed by atoms with Crippen molar-refractivity contribution in [3.8, 4) is 0 Å². The standard InChI is InChI=1S/C12H27N/c1-11(2,3)7-10(9-13)8-12(4,5)6/h10H,7-9,13H2,1-6H3. The van der Waals surface area contributed by atoms with Gasteiger partial charge in [-0.15, -0.1) is 0 Å². The summed E-state index contributed by atoms with van der Waals surface area (Å²) in [4.78, 5) is 0. The van der Waals surface area contributed by atoms with E-state index < -0.39 is 0 Å². The Morgan fingerprint density at radius 3 is 1.31 bits per heavy atom. The molecule has 0 aliphatic rings. The molecule has 0 rings (SSSR count). The quantitative estimate of drug-likeness (QED) is 0.716. The molecular weight excluding hydrogens is 158 g/mol. The van der Waals surface area contributed by atoms with Crippen LogP contribution in [0, 0.1) is 16.7 Å². The number of rotatable bonds is 3. The number of nitrogens with two attached hydrogens (primary N) is 1. The van der Waals surface area contributed by atoms with E-state index in [0.717, 1.165) is 6.54 Å². The topological polar surface area (TPSA) is 26.0 Å². The van der Waals surface area contributed by atoms with E-state index in [1.54, 1.807) is 0 Å². The average molecular weight is 185 g/mol. The van der Waals surface area contributed by atoms with Crippen molar-refractivity contribution in [2.24, 2.45) is 22.5 Å². The first-order valence-corrected chi connectivity index (χ1v) is 5.34. The van der Waals surface area contributed by atoms with Gasteiger partial charge in [0, 0.05) is 0 Å². The average Bonchev–Trinajstić information content (AvgIpc) is 1.79. The maximum atomic E-state index is 5.79. The number of hydrogen-bond acceptors (Lipinski definition) is 1. The Kier molecular flexibility index (Phi) is 4.44. The van der Waals surface area contributed by atoms with Crippen molar-refractivity contribution in [2.45, 2.75) is 54.4 Å². The first-order valence-electron chi connectivity index (χ1n) is 5.34. The largest absolute Gasteiger partial charge is 0.330 e. The molecule has 0 aromatic heterocycles. The molecule has 0 aliphatic carbocycles. The van der Waals surface area contributed by atoms with E-state index >= 15 is 0 Å². The fourth-order valence-corrected chi connectivity index (χ4v) is 1.97. The molecule has 0 bridgehead atoms. The molecule has 0 unspecified atom stereocenters. The second-order valence-corrected chi connectivity index (χ2v) is 6.63. The van der Waals surface area contributed by atoms with Crippen LogP contribution >= 0.6 is 0 Å². The highest BCUT2D eigenvalue weighted by molar-refractivity contribution is 4.75. The Balaban J connectivity index is 4.05. The van der Waals surface area contributed by atoms with Gasteiger partial charge in [0.05, 0.1) is 0 Å². The van der Waals surface area contributed by atoms with E-state index in [4.69, 9.17) is 5.73 Å². The molecule has 0 aromatic carbocycles. The van der Waals surface area contributed by atoms with Crippen LogP contribution in [0.3, 0.4) is 0 Å². The van der Waals surface area contributed by atoms with Crippen LogP contribution in [0.2, 0.25) is 0 Å². The molecule has 0 saturated carbocycles. The molecule has 0 saturated heterocycles. The fourth-order valence-electron chi connectivity index (χ4n) is 1.97. The lowest BCUT2D eigenvalue weighted by molar-refractivity contribution is 0.224.